The first-order chi connectivity index (χ1) is 11.6. The van der Waals surface area contributed by atoms with Crippen molar-refractivity contribution < 1.29 is 9.53 Å². The van der Waals surface area contributed by atoms with Crippen LogP contribution in [0.25, 0.3) is 0 Å². The summed E-state index contributed by atoms with van der Waals surface area (Å²) in [4.78, 5) is 12.2. The number of nitrogens with one attached hydrogen (secondary N) is 2. The van der Waals surface area contributed by atoms with Gasteiger partial charge < -0.3 is 15.4 Å². The minimum absolute atomic E-state index is 0.0180. The van der Waals surface area contributed by atoms with Gasteiger partial charge in [0.1, 0.15) is 11.9 Å². The molecule has 2 unspecified atom stereocenters. The Balaban J connectivity index is 1.65. The Labute approximate surface area is 143 Å². The van der Waals surface area contributed by atoms with Crippen molar-refractivity contribution in [2.45, 2.75) is 26.4 Å². The number of hydrogen-bond acceptors (Lipinski definition) is 3. The average Bonchev–Trinajstić information content (AvgIpc) is 3.13. The maximum absolute atomic E-state index is 12.2. The molecule has 2 atom stereocenters. The van der Waals surface area contributed by atoms with Gasteiger partial charge in [0.05, 0.1) is 5.92 Å². The van der Waals surface area contributed by atoms with Crippen molar-refractivity contribution in [3.63, 3.8) is 0 Å². The van der Waals surface area contributed by atoms with Crippen LogP contribution in [0, 0.1) is 12.8 Å². The van der Waals surface area contributed by atoms with Crippen molar-refractivity contribution in [2.75, 3.05) is 18.4 Å². The number of amides is 1. The minimum atomic E-state index is -0.0180. The molecule has 0 spiro atoms. The summed E-state index contributed by atoms with van der Waals surface area (Å²) in [6.07, 6.45) is 0.885. The number of carbonyl (C=O) groups excluding carboxylic acids is 1. The first kappa shape index (κ1) is 16.5. The van der Waals surface area contributed by atoms with Gasteiger partial charge in [0.2, 0.25) is 5.91 Å². The van der Waals surface area contributed by atoms with Gasteiger partial charge in [0.15, 0.2) is 0 Å². The molecule has 3 rings (SSSR count). The lowest BCUT2D eigenvalue weighted by Gasteiger charge is -2.17. The van der Waals surface area contributed by atoms with Gasteiger partial charge in [0, 0.05) is 12.2 Å². The van der Waals surface area contributed by atoms with Crippen LogP contribution in [0.15, 0.2) is 48.5 Å². The van der Waals surface area contributed by atoms with Crippen LogP contribution >= 0.6 is 0 Å². The van der Waals surface area contributed by atoms with E-state index < -0.39 is 0 Å². The lowest BCUT2D eigenvalue weighted by Crippen LogP contribution is -2.24. The van der Waals surface area contributed by atoms with Crippen LogP contribution in [0.4, 0.5) is 5.69 Å². The average molecular weight is 324 g/mol. The Hall–Kier alpha value is -2.33. The fourth-order valence-electron chi connectivity index (χ4n) is 2.96. The molecule has 2 aromatic carbocycles. The molecule has 0 aliphatic carbocycles. The van der Waals surface area contributed by atoms with Crippen LogP contribution < -0.4 is 15.4 Å². The molecule has 4 heteroatoms. The van der Waals surface area contributed by atoms with Crippen molar-refractivity contribution in [1.82, 2.24) is 5.32 Å². The molecule has 0 saturated carbocycles. The Bertz CT molecular complexity index is 694. The fourth-order valence-corrected chi connectivity index (χ4v) is 2.96. The van der Waals surface area contributed by atoms with E-state index in [2.05, 4.69) is 22.8 Å². The largest absolute Gasteiger partial charge is 0.486 e. The molecular formula is C20H24N2O2. The molecule has 1 saturated heterocycles. The van der Waals surface area contributed by atoms with E-state index in [1.165, 1.54) is 0 Å². The fraction of sp³-hybridized carbons (Fsp3) is 0.350. The third-order valence-electron chi connectivity index (χ3n) is 4.47. The summed E-state index contributed by atoms with van der Waals surface area (Å²) in [5.74, 6) is 0.970. The van der Waals surface area contributed by atoms with Crippen LogP contribution in [0.2, 0.25) is 0 Å². The maximum atomic E-state index is 12.2. The zero-order valence-electron chi connectivity index (χ0n) is 14.2. The molecule has 2 aromatic rings. The van der Waals surface area contributed by atoms with Gasteiger partial charge in [-0.1, -0.05) is 30.3 Å². The van der Waals surface area contributed by atoms with Crippen LogP contribution in [0.1, 0.15) is 30.6 Å². The number of anilines is 1. The first-order valence-electron chi connectivity index (χ1n) is 8.47. The Morgan fingerprint density at radius 1 is 1.25 bits per heavy atom. The van der Waals surface area contributed by atoms with Crippen molar-refractivity contribution in [3.05, 3.63) is 59.7 Å². The number of hydrogen-bond donors (Lipinski definition) is 2. The number of carbonyl (C=O) groups is 1. The van der Waals surface area contributed by atoms with Crippen LogP contribution in [0.3, 0.4) is 0 Å². The number of benzene rings is 2. The molecular weight excluding hydrogens is 300 g/mol. The molecule has 1 heterocycles. The van der Waals surface area contributed by atoms with E-state index >= 15 is 0 Å². The van der Waals surface area contributed by atoms with E-state index in [-0.39, 0.29) is 17.9 Å². The molecule has 1 fully saturated rings. The van der Waals surface area contributed by atoms with Gasteiger partial charge in [-0.05, 0) is 56.1 Å². The van der Waals surface area contributed by atoms with Gasteiger partial charge in [0.25, 0.3) is 0 Å². The SMILES string of the molecule is Cc1cc(OC(C)c2ccccc2)ccc1NC(=O)C1CCNC1. The number of rotatable bonds is 5. The van der Waals surface area contributed by atoms with E-state index in [4.69, 9.17) is 4.74 Å². The second kappa shape index (κ2) is 7.49. The molecule has 126 valence electrons. The highest BCUT2D eigenvalue weighted by atomic mass is 16.5. The highest BCUT2D eigenvalue weighted by Crippen LogP contribution is 2.26. The summed E-state index contributed by atoms with van der Waals surface area (Å²) in [5.41, 5.74) is 3.00. The summed E-state index contributed by atoms with van der Waals surface area (Å²) in [5, 5.41) is 6.25. The maximum Gasteiger partial charge on any atom is 0.228 e. The van der Waals surface area contributed by atoms with Gasteiger partial charge in [-0.3, -0.25) is 4.79 Å². The second-order valence-electron chi connectivity index (χ2n) is 6.33. The Kier molecular flexibility index (Phi) is 5.16. The quantitative estimate of drug-likeness (QED) is 0.882. The van der Waals surface area contributed by atoms with Gasteiger partial charge in [-0.15, -0.1) is 0 Å². The van der Waals surface area contributed by atoms with Gasteiger partial charge >= 0.3 is 0 Å². The predicted molar refractivity (Wildman–Crippen MR) is 96.3 cm³/mol. The van der Waals surface area contributed by atoms with Crippen molar-refractivity contribution in [2.24, 2.45) is 5.92 Å². The number of aryl methyl sites for hydroxylation is 1. The second-order valence-corrected chi connectivity index (χ2v) is 6.33. The Morgan fingerprint density at radius 3 is 2.71 bits per heavy atom. The molecule has 1 aliphatic heterocycles. The smallest absolute Gasteiger partial charge is 0.228 e. The standard InChI is InChI=1S/C20H24N2O2/c1-14-12-18(24-15(2)16-6-4-3-5-7-16)8-9-19(14)22-20(23)17-10-11-21-13-17/h3-9,12,15,17,21H,10-11,13H2,1-2H3,(H,22,23). The monoisotopic (exact) mass is 324 g/mol. The van der Waals surface area contributed by atoms with Crippen LogP contribution in [0.5, 0.6) is 5.75 Å². The molecule has 0 bridgehead atoms. The summed E-state index contributed by atoms with van der Waals surface area (Å²) in [7, 11) is 0. The first-order valence-corrected chi connectivity index (χ1v) is 8.47. The molecule has 1 aliphatic rings. The van der Waals surface area contributed by atoms with Crippen molar-refractivity contribution >= 4 is 11.6 Å². The number of ether oxygens (including phenoxy) is 1. The third-order valence-corrected chi connectivity index (χ3v) is 4.47. The van der Waals surface area contributed by atoms with Crippen LogP contribution in [-0.4, -0.2) is 19.0 Å². The van der Waals surface area contributed by atoms with Crippen LogP contribution in [-0.2, 0) is 4.79 Å². The van der Waals surface area contributed by atoms with Crippen molar-refractivity contribution in [1.29, 1.82) is 0 Å². The van der Waals surface area contributed by atoms with E-state index in [9.17, 15) is 4.79 Å². The van der Waals surface area contributed by atoms with E-state index in [0.717, 1.165) is 42.1 Å². The molecule has 4 nitrogen and oxygen atoms in total. The summed E-state index contributed by atoms with van der Waals surface area (Å²) in [6.45, 7) is 5.71. The van der Waals surface area contributed by atoms with E-state index in [0.29, 0.717) is 0 Å². The van der Waals surface area contributed by atoms with Gasteiger partial charge in [-0.25, -0.2) is 0 Å². The highest BCUT2D eigenvalue weighted by molar-refractivity contribution is 5.93. The molecule has 1 amide bonds. The van der Waals surface area contributed by atoms with E-state index in [1.807, 2.05) is 50.2 Å². The third kappa shape index (κ3) is 3.95. The normalized spacial score (nSPS) is 18.2. The zero-order valence-corrected chi connectivity index (χ0v) is 14.2. The molecule has 0 radical (unpaired) electrons. The summed E-state index contributed by atoms with van der Waals surface area (Å²) >= 11 is 0. The van der Waals surface area contributed by atoms with Crippen molar-refractivity contribution in [3.8, 4) is 5.75 Å². The summed E-state index contributed by atoms with van der Waals surface area (Å²) in [6, 6.07) is 15.9. The zero-order chi connectivity index (χ0) is 16.9. The molecule has 0 aromatic heterocycles. The molecule has 2 N–H and O–H groups in total. The summed E-state index contributed by atoms with van der Waals surface area (Å²) < 4.78 is 6.02. The highest BCUT2D eigenvalue weighted by Gasteiger charge is 2.22. The topological polar surface area (TPSA) is 50.4 Å². The minimum Gasteiger partial charge on any atom is -0.486 e. The molecule has 24 heavy (non-hydrogen) atoms. The predicted octanol–water partition coefficient (Wildman–Crippen LogP) is 3.68. The Morgan fingerprint density at radius 2 is 2.04 bits per heavy atom. The lowest BCUT2D eigenvalue weighted by molar-refractivity contribution is -0.119. The van der Waals surface area contributed by atoms with E-state index in [1.54, 1.807) is 0 Å². The van der Waals surface area contributed by atoms with Gasteiger partial charge in [-0.2, -0.15) is 0 Å². The lowest BCUT2D eigenvalue weighted by atomic mass is 10.1.